The quantitative estimate of drug-likeness (QED) is 0.743. The first-order valence-corrected chi connectivity index (χ1v) is 10.4. The van der Waals surface area contributed by atoms with Crippen LogP contribution in [0.2, 0.25) is 0 Å². The molecule has 0 spiro atoms. The topological polar surface area (TPSA) is 105 Å². The Labute approximate surface area is 165 Å². The summed E-state index contributed by atoms with van der Waals surface area (Å²) < 4.78 is 27.3. The number of pyridine rings is 1. The van der Waals surface area contributed by atoms with Gasteiger partial charge in [0.25, 0.3) is 0 Å². The fourth-order valence-electron chi connectivity index (χ4n) is 3.32. The number of nitrogens with one attached hydrogen (secondary N) is 1. The number of carbonyl (C=O) groups is 1. The molecule has 1 saturated heterocycles. The van der Waals surface area contributed by atoms with Crippen LogP contribution in [0.25, 0.3) is 10.9 Å². The average Bonchev–Trinajstić information content (AvgIpc) is 2.66. The molecular weight excluding hydrogens is 388 g/mol. The summed E-state index contributed by atoms with van der Waals surface area (Å²) in [5.74, 6) is -0.559. The van der Waals surface area contributed by atoms with Gasteiger partial charge in [0.1, 0.15) is 0 Å². The molecule has 1 amide bonds. The lowest BCUT2D eigenvalue weighted by molar-refractivity contribution is -0.126. The highest BCUT2D eigenvalue weighted by Crippen LogP contribution is 2.24. The van der Waals surface area contributed by atoms with Crippen molar-refractivity contribution in [3.8, 4) is 0 Å². The minimum Gasteiger partial charge on any atom is -0.355 e. The van der Waals surface area contributed by atoms with Crippen LogP contribution in [-0.4, -0.2) is 49.8 Å². The fraction of sp³-hybridized carbons (Fsp3) is 0.444. The number of fused-ring (bicyclic) bond motifs is 1. The lowest BCUT2D eigenvalue weighted by atomic mass is 9.99. The Bertz CT molecular complexity index is 886. The maximum absolute atomic E-state index is 12.9. The highest BCUT2D eigenvalue weighted by Gasteiger charge is 2.32. The van der Waals surface area contributed by atoms with Gasteiger partial charge in [0.05, 0.1) is 17.2 Å². The molecule has 2 heterocycles. The number of nitrogens with two attached hydrogens (primary N) is 1. The predicted octanol–water partition coefficient (Wildman–Crippen LogP) is 1.27. The third-order valence-corrected chi connectivity index (χ3v) is 6.44. The van der Waals surface area contributed by atoms with Gasteiger partial charge in [0.15, 0.2) is 0 Å². The number of carbonyl (C=O) groups excluding carboxylic acids is 1. The van der Waals surface area contributed by atoms with Crippen molar-refractivity contribution in [3.63, 3.8) is 0 Å². The Kier molecular flexibility index (Phi) is 7.55. The van der Waals surface area contributed by atoms with E-state index < -0.39 is 10.0 Å². The van der Waals surface area contributed by atoms with E-state index in [1.54, 1.807) is 12.3 Å². The van der Waals surface area contributed by atoms with Gasteiger partial charge in [0.2, 0.25) is 15.9 Å². The monoisotopic (exact) mass is 412 g/mol. The summed E-state index contributed by atoms with van der Waals surface area (Å²) >= 11 is 0. The molecule has 1 atom stereocenters. The molecule has 1 aromatic heterocycles. The van der Waals surface area contributed by atoms with E-state index in [-0.39, 0.29) is 36.5 Å². The van der Waals surface area contributed by atoms with E-state index in [0.29, 0.717) is 43.6 Å². The summed E-state index contributed by atoms with van der Waals surface area (Å²) in [4.78, 5) is 16.5. The van der Waals surface area contributed by atoms with Crippen LogP contribution in [-0.2, 0) is 20.6 Å². The van der Waals surface area contributed by atoms with E-state index in [0.717, 1.165) is 5.39 Å². The second-order valence-corrected chi connectivity index (χ2v) is 8.49. The maximum Gasteiger partial charge on any atom is 0.224 e. The molecule has 1 unspecified atom stereocenters. The molecule has 3 rings (SSSR count). The van der Waals surface area contributed by atoms with Gasteiger partial charge in [-0.05, 0) is 24.5 Å². The molecular formula is C18H25ClN4O3S. The molecule has 1 aliphatic heterocycles. The Morgan fingerprint density at radius 2 is 2.07 bits per heavy atom. The third-order valence-electron chi connectivity index (χ3n) is 4.65. The van der Waals surface area contributed by atoms with Crippen molar-refractivity contribution < 1.29 is 13.2 Å². The standard InChI is InChI=1S/C18H24N4O3S.ClH/c19-8-10-21-18(23)15-7-3-11-22(12-15)26(24,25)13-16-5-1-4-14-6-2-9-20-17(14)16;/h1-2,4-6,9,15H,3,7-8,10-13,19H2,(H,21,23);1H. The first-order chi connectivity index (χ1) is 12.5. The van der Waals surface area contributed by atoms with Crippen molar-refractivity contribution in [2.45, 2.75) is 18.6 Å². The van der Waals surface area contributed by atoms with Crippen molar-refractivity contribution in [3.05, 3.63) is 42.1 Å². The largest absolute Gasteiger partial charge is 0.355 e. The molecule has 0 radical (unpaired) electrons. The summed E-state index contributed by atoms with van der Waals surface area (Å²) in [5, 5.41) is 3.67. The average molecular weight is 413 g/mol. The number of hydrogen-bond acceptors (Lipinski definition) is 5. The number of benzene rings is 1. The molecule has 7 nitrogen and oxygen atoms in total. The SMILES string of the molecule is Cl.NCCNC(=O)C1CCCN(S(=O)(=O)Cc2cccc3cccnc23)C1. The minimum atomic E-state index is -3.53. The molecule has 2 aromatic rings. The number of sulfonamides is 1. The number of aromatic nitrogens is 1. The summed E-state index contributed by atoms with van der Waals surface area (Å²) in [6.45, 7) is 1.44. The summed E-state index contributed by atoms with van der Waals surface area (Å²) in [6, 6.07) is 9.29. The van der Waals surface area contributed by atoms with Crippen molar-refractivity contribution in [2.24, 2.45) is 11.7 Å². The Morgan fingerprint density at radius 1 is 1.30 bits per heavy atom. The van der Waals surface area contributed by atoms with Crippen LogP contribution in [0.3, 0.4) is 0 Å². The van der Waals surface area contributed by atoms with E-state index in [4.69, 9.17) is 5.73 Å². The second-order valence-electron chi connectivity index (χ2n) is 6.53. The van der Waals surface area contributed by atoms with Gasteiger partial charge in [-0.25, -0.2) is 12.7 Å². The number of rotatable bonds is 6. The van der Waals surface area contributed by atoms with Crippen LogP contribution in [0.1, 0.15) is 18.4 Å². The van der Waals surface area contributed by atoms with Crippen LogP contribution >= 0.6 is 12.4 Å². The molecule has 0 saturated carbocycles. The van der Waals surface area contributed by atoms with E-state index in [1.807, 2.05) is 24.3 Å². The summed E-state index contributed by atoms with van der Waals surface area (Å²) in [7, 11) is -3.53. The number of para-hydroxylation sites is 1. The highest BCUT2D eigenvalue weighted by atomic mass is 35.5. The van der Waals surface area contributed by atoms with Crippen LogP contribution in [0.5, 0.6) is 0 Å². The lowest BCUT2D eigenvalue weighted by Crippen LogP contribution is -2.46. The van der Waals surface area contributed by atoms with Crippen molar-refractivity contribution in [1.82, 2.24) is 14.6 Å². The molecule has 1 fully saturated rings. The fourth-order valence-corrected chi connectivity index (χ4v) is 4.94. The van der Waals surface area contributed by atoms with E-state index in [1.165, 1.54) is 4.31 Å². The van der Waals surface area contributed by atoms with E-state index in [2.05, 4.69) is 10.3 Å². The molecule has 1 aromatic carbocycles. The molecule has 0 aliphatic carbocycles. The van der Waals surface area contributed by atoms with E-state index in [9.17, 15) is 13.2 Å². The number of piperidine rings is 1. The number of hydrogen-bond donors (Lipinski definition) is 2. The molecule has 1 aliphatic rings. The van der Waals surface area contributed by atoms with Crippen molar-refractivity contribution >= 4 is 39.2 Å². The highest BCUT2D eigenvalue weighted by molar-refractivity contribution is 7.88. The van der Waals surface area contributed by atoms with Crippen molar-refractivity contribution in [2.75, 3.05) is 26.2 Å². The summed E-state index contributed by atoms with van der Waals surface area (Å²) in [5.41, 5.74) is 6.79. The van der Waals surface area contributed by atoms with Gasteiger partial charge in [-0.15, -0.1) is 12.4 Å². The molecule has 9 heteroatoms. The number of amides is 1. The maximum atomic E-state index is 12.9. The zero-order chi connectivity index (χ0) is 18.6. The van der Waals surface area contributed by atoms with Crippen LogP contribution in [0.4, 0.5) is 0 Å². The number of halogens is 1. The smallest absolute Gasteiger partial charge is 0.224 e. The van der Waals surface area contributed by atoms with Crippen molar-refractivity contribution in [1.29, 1.82) is 0 Å². The van der Waals surface area contributed by atoms with Crippen LogP contribution < -0.4 is 11.1 Å². The first-order valence-electron chi connectivity index (χ1n) is 8.79. The van der Waals surface area contributed by atoms with Gasteiger partial charge in [-0.2, -0.15) is 0 Å². The normalized spacial score (nSPS) is 18.0. The van der Waals surface area contributed by atoms with Gasteiger partial charge < -0.3 is 11.1 Å². The van der Waals surface area contributed by atoms with Crippen LogP contribution in [0, 0.1) is 5.92 Å². The lowest BCUT2D eigenvalue weighted by Gasteiger charge is -2.31. The van der Waals surface area contributed by atoms with Gasteiger partial charge in [0, 0.05) is 37.8 Å². The Balaban J connectivity index is 0.00000261. The molecule has 27 heavy (non-hydrogen) atoms. The predicted molar refractivity (Wildman–Crippen MR) is 108 cm³/mol. The zero-order valence-electron chi connectivity index (χ0n) is 15.0. The Morgan fingerprint density at radius 3 is 2.85 bits per heavy atom. The first kappa shape index (κ1) is 21.6. The molecule has 0 bridgehead atoms. The van der Waals surface area contributed by atoms with Gasteiger partial charge in [-0.3, -0.25) is 9.78 Å². The third kappa shape index (κ3) is 5.16. The van der Waals surface area contributed by atoms with E-state index >= 15 is 0 Å². The summed E-state index contributed by atoms with van der Waals surface area (Å²) in [6.07, 6.45) is 3.03. The second kappa shape index (κ2) is 9.45. The molecule has 3 N–H and O–H groups in total. The number of nitrogens with zero attached hydrogens (tertiary/aromatic N) is 2. The van der Waals surface area contributed by atoms with Gasteiger partial charge >= 0.3 is 0 Å². The van der Waals surface area contributed by atoms with Gasteiger partial charge in [-0.1, -0.05) is 24.3 Å². The minimum absolute atomic E-state index is 0. The van der Waals surface area contributed by atoms with Crippen LogP contribution in [0.15, 0.2) is 36.5 Å². The Hall–Kier alpha value is -1.74. The molecule has 148 valence electrons. The zero-order valence-corrected chi connectivity index (χ0v) is 16.6.